The van der Waals surface area contributed by atoms with Gasteiger partial charge in [0, 0.05) is 18.1 Å². The van der Waals surface area contributed by atoms with Crippen LogP contribution >= 0.6 is 11.8 Å². The Morgan fingerprint density at radius 3 is 2.89 bits per heavy atom. The third-order valence-electron chi connectivity index (χ3n) is 2.50. The highest BCUT2D eigenvalue weighted by atomic mass is 32.2. The molecular formula is C12H14N4O2S. The van der Waals surface area contributed by atoms with Crippen LogP contribution in [0, 0.1) is 13.8 Å². The molecule has 0 aromatic carbocycles. The zero-order chi connectivity index (χ0) is 13.8. The minimum absolute atomic E-state index is 0.000739. The maximum Gasteiger partial charge on any atom is 0.313 e. The van der Waals surface area contributed by atoms with Gasteiger partial charge in [-0.3, -0.25) is 4.79 Å². The SMILES string of the molecule is Cc1nccc(Cn2c(C)cnc2SCC(=O)O)n1. The van der Waals surface area contributed by atoms with Crippen molar-refractivity contribution >= 4 is 17.7 Å². The first-order valence-electron chi connectivity index (χ1n) is 5.71. The van der Waals surface area contributed by atoms with E-state index in [0.29, 0.717) is 11.7 Å². The van der Waals surface area contributed by atoms with Crippen LogP contribution in [0.2, 0.25) is 0 Å². The molecule has 7 heteroatoms. The largest absolute Gasteiger partial charge is 0.481 e. The molecule has 1 N–H and O–H groups in total. The molecule has 0 spiro atoms. The topological polar surface area (TPSA) is 80.9 Å². The molecule has 0 saturated carbocycles. The third-order valence-corrected chi connectivity index (χ3v) is 3.47. The fraction of sp³-hybridized carbons (Fsp3) is 0.333. The predicted molar refractivity (Wildman–Crippen MR) is 71.2 cm³/mol. The van der Waals surface area contributed by atoms with Crippen LogP contribution in [-0.4, -0.2) is 36.3 Å². The molecule has 19 heavy (non-hydrogen) atoms. The second-order valence-electron chi connectivity index (χ2n) is 4.05. The van der Waals surface area contributed by atoms with E-state index in [1.165, 1.54) is 11.8 Å². The van der Waals surface area contributed by atoms with Crippen LogP contribution in [0.1, 0.15) is 17.2 Å². The first-order chi connectivity index (χ1) is 9.06. The number of aryl methyl sites for hydroxylation is 2. The summed E-state index contributed by atoms with van der Waals surface area (Å²) in [5.74, 6) is -0.135. The summed E-state index contributed by atoms with van der Waals surface area (Å²) in [6.07, 6.45) is 3.45. The summed E-state index contributed by atoms with van der Waals surface area (Å²) < 4.78 is 1.95. The molecule has 0 atom stereocenters. The second-order valence-corrected chi connectivity index (χ2v) is 4.99. The number of imidazole rings is 1. The summed E-state index contributed by atoms with van der Waals surface area (Å²) >= 11 is 1.21. The van der Waals surface area contributed by atoms with Crippen LogP contribution in [0.4, 0.5) is 0 Å². The first kappa shape index (κ1) is 13.5. The van der Waals surface area contributed by atoms with Gasteiger partial charge in [0.2, 0.25) is 0 Å². The van der Waals surface area contributed by atoms with E-state index < -0.39 is 5.97 Å². The minimum Gasteiger partial charge on any atom is -0.481 e. The van der Waals surface area contributed by atoms with Crippen molar-refractivity contribution in [3.05, 3.63) is 35.7 Å². The maximum absolute atomic E-state index is 10.6. The number of hydrogen-bond donors (Lipinski definition) is 1. The summed E-state index contributed by atoms with van der Waals surface area (Å²) in [7, 11) is 0. The zero-order valence-corrected chi connectivity index (χ0v) is 11.5. The van der Waals surface area contributed by atoms with E-state index in [0.717, 1.165) is 17.2 Å². The Kier molecular flexibility index (Phi) is 4.16. The van der Waals surface area contributed by atoms with Gasteiger partial charge >= 0.3 is 5.97 Å². The Bertz CT molecular complexity index is 597. The molecule has 2 rings (SSSR count). The molecule has 0 aliphatic heterocycles. The second kappa shape index (κ2) is 5.83. The molecule has 0 saturated heterocycles. The lowest BCUT2D eigenvalue weighted by molar-refractivity contribution is -0.133. The standard InChI is InChI=1S/C12H14N4O2S/c1-8-5-14-12(19-7-11(17)18)16(8)6-10-3-4-13-9(2)15-10/h3-5H,6-7H2,1-2H3,(H,17,18). The third kappa shape index (κ3) is 3.54. The van der Waals surface area contributed by atoms with Crippen molar-refractivity contribution in [2.24, 2.45) is 0 Å². The van der Waals surface area contributed by atoms with Crippen LogP contribution in [-0.2, 0) is 11.3 Å². The quantitative estimate of drug-likeness (QED) is 0.835. The van der Waals surface area contributed by atoms with Gasteiger partial charge in [-0.1, -0.05) is 11.8 Å². The van der Waals surface area contributed by atoms with Crippen molar-refractivity contribution in [1.29, 1.82) is 0 Å². The molecule has 2 aromatic rings. The van der Waals surface area contributed by atoms with Gasteiger partial charge in [-0.25, -0.2) is 15.0 Å². The van der Waals surface area contributed by atoms with Gasteiger partial charge in [0.25, 0.3) is 0 Å². The van der Waals surface area contributed by atoms with E-state index in [-0.39, 0.29) is 5.75 Å². The van der Waals surface area contributed by atoms with E-state index >= 15 is 0 Å². The lowest BCUT2D eigenvalue weighted by Gasteiger charge is -2.08. The van der Waals surface area contributed by atoms with Gasteiger partial charge in [-0.05, 0) is 19.9 Å². The Balaban J connectivity index is 2.19. The Morgan fingerprint density at radius 1 is 1.42 bits per heavy atom. The number of carboxylic acid groups (broad SMARTS) is 1. The molecule has 2 heterocycles. The number of nitrogens with zero attached hydrogens (tertiary/aromatic N) is 4. The molecule has 0 aliphatic carbocycles. The van der Waals surface area contributed by atoms with Gasteiger partial charge in [0.15, 0.2) is 5.16 Å². The maximum atomic E-state index is 10.6. The van der Waals surface area contributed by atoms with Crippen molar-refractivity contribution in [2.45, 2.75) is 25.5 Å². The fourth-order valence-corrected chi connectivity index (χ4v) is 2.37. The number of aliphatic carboxylic acids is 1. The van der Waals surface area contributed by atoms with Crippen LogP contribution in [0.3, 0.4) is 0 Å². The monoisotopic (exact) mass is 278 g/mol. The molecule has 0 fully saturated rings. The first-order valence-corrected chi connectivity index (χ1v) is 6.70. The Morgan fingerprint density at radius 2 is 2.21 bits per heavy atom. The van der Waals surface area contributed by atoms with Crippen LogP contribution in [0.25, 0.3) is 0 Å². The zero-order valence-electron chi connectivity index (χ0n) is 10.7. The predicted octanol–water partition coefficient (Wildman–Crippen LogP) is 1.51. The molecule has 0 bridgehead atoms. The van der Waals surface area contributed by atoms with E-state index in [4.69, 9.17) is 5.11 Å². The van der Waals surface area contributed by atoms with Gasteiger partial charge in [0.05, 0.1) is 18.0 Å². The molecule has 100 valence electrons. The van der Waals surface area contributed by atoms with E-state index in [1.807, 2.05) is 24.5 Å². The van der Waals surface area contributed by atoms with Crippen LogP contribution in [0.15, 0.2) is 23.6 Å². The summed E-state index contributed by atoms with van der Waals surface area (Å²) in [5.41, 5.74) is 1.86. The minimum atomic E-state index is -0.852. The molecular weight excluding hydrogens is 264 g/mol. The molecule has 0 unspecified atom stereocenters. The van der Waals surface area contributed by atoms with Crippen molar-refractivity contribution in [2.75, 3.05) is 5.75 Å². The molecule has 0 aliphatic rings. The van der Waals surface area contributed by atoms with Crippen molar-refractivity contribution < 1.29 is 9.90 Å². The van der Waals surface area contributed by atoms with Gasteiger partial charge in [0.1, 0.15) is 5.82 Å². The van der Waals surface area contributed by atoms with Crippen molar-refractivity contribution in [1.82, 2.24) is 19.5 Å². The lowest BCUT2D eigenvalue weighted by atomic mass is 10.4. The Hall–Kier alpha value is -1.89. The van der Waals surface area contributed by atoms with Crippen molar-refractivity contribution in [3.8, 4) is 0 Å². The number of carboxylic acids is 1. The summed E-state index contributed by atoms with van der Waals surface area (Å²) in [4.78, 5) is 23.2. The van der Waals surface area contributed by atoms with Gasteiger partial charge in [-0.2, -0.15) is 0 Å². The molecule has 6 nitrogen and oxygen atoms in total. The molecule has 0 radical (unpaired) electrons. The van der Waals surface area contributed by atoms with Crippen LogP contribution < -0.4 is 0 Å². The number of carbonyl (C=O) groups is 1. The van der Waals surface area contributed by atoms with E-state index in [9.17, 15) is 4.79 Å². The highest BCUT2D eigenvalue weighted by molar-refractivity contribution is 7.99. The number of hydrogen-bond acceptors (Lipinski definition) is 5. The molecule has 2 aromatic heterocycles. The number of aromatic nitrogens is 4. The average Bonchev–Trinajstić information content (AvgIpc) is 2.68. The number of rotatable bonds is 5. The average molecular weight is 278 g/mol. The lowest BCUT2D eigenvalue weighted by Crippen LogP contribution is -2.07. The van der Waals surface area contributed by atoms with Gasteiger partial charge < -0.3 is 9.67 Å². The smallest absolute Gasteiger partial charge is 0.313 e. The number of thioether (sulfide) groups is 1. The van der Waals surface area contributed by atoms with E-state index in [2.05, 4.69) is 15.0 Å². The van der Waals surface area contributed by atoms with Gasteiger partial charge in [-0.15, -0.1) is 0 Å². The summed E-state index contributed by atoms with van der Waals surface area (Å²) in [6, 6.07) is 1.85. The van der Waals surface area contributed by atoms with Crippen molar-refractivity contribution in [3.63, 3.8) is 0 Å². The Labute approximate surface area is 114 Å². The normalized spacial score (nSPS) is 10.6. The summed E-state index contributed by atoms with van der Waals surface area (Å²) in [6.45, 7) is 4.34. The van der Waals surface area contributed by atoms with E-state index in [1.54, 1.807) is 12.4 Å². The fourth-order valence-electron chi connectivity index (χ4n) is 1.63. The summed E-state index contributed by atoms with van der Waals surface area (Å²) in [5, 5.41) is 9.41. The van der Waals surface area contributed by atoms with Crippen LogP contribution in [0.5, 0.6) is 0 Å². The highest BCUT2D eigenvalue weighted by Gasteiger charge is 2.10. The highest BCUT2D eigenvalue weighted by Crippen LogP contribution is 2.19. The molecule has 0 amide bonds.